The maximum atomic E-state index is 11.5. The number of nitrogens with one attached hydrogen (secondary N) is 1. The summed E-state index contributed by atoms with van der Waals surface area (Å²) >= 11 is 0. The number of ether oxygens (including phenoxy) is 1. The highest BCUT2D eigenvalue weighted by Gasteiger charge is 2.04. The van der Waals surface area contributed by atoms with E-state index in [2.05, 4.69) is 5.32 Å². The summed E-state index contributed by atoms with van der Waals surface area (Å²) in [5.41, 5.74) is 1.88. The van der Waals surface area contributed by atoms with Gasteiger partial charge in [-0.1, -0.05) is 0 Å². The molecular formula is C13H20N2O2. The lowest BCUT2D eigenvalue weighted by Crippen LogP contribution is -2.20. The fourth-order valence-corrected chi connectivity index (χ4v) is 1.28. The molecule has 0 aliphatic heterocycles. The van der Waals surface area contributed by atoms with Crippen LogP contribution >= 0.6 is 0 Å². The normalized spacial score (nSPS) is 10.4. The molecule has 0 saturated heterocycles. The van der Waals surface area contributed by atoms with E-state index in [4.69, 9.17) is 4.74 Å². The summed E-state index contributed by atoms with van der Waals surface area (Å²) in [5.74, 6) is -0.128. The van der Waals surface area contributed by atoms with Gasteiger partial charge in [0.2, 0.25) is 5.91 Å². The Kier molecular flexibility index (Phi) is 4.97. The van der Waals surface area contributed by atoms with Crippen molar-refractivity contribution in [1.82, 2.24) is 0 Å². The third kappa shape index (κ3) is 4.87. The van der Waals surface area contributed by atoms with Gasteiger partial charge in [-0.05, 0) is 38.1 Å². The molecule has 0 radical (unpaired) electrons. The first-order valence-electron chi connectivity index (χ1n) is 5.68. The second-order valence-corrected chi connectivity index (χ2v) is 4.35. The minimum absolute atomic E-state index is 0.0665. The van der Waals surface area contributed by atoms with Crippen molar-refractivity contribution < 1.29 is 9.53 Å². The Morgan fingerprint density at radius 1 is 1.29 bits per heavy atom. The molecule has 1 amide bonds. The van der Waals surface area contributed by atoms with Crippen molar-refractivity contribution in [2.45, 2.75) is 20.0 Å². The zero-order valence-electron chi connectivity index (χ0n) is 10.9. The second kappa shape index (κ2) is 6.25. The van der Waals surface area contributed by atoms with Crippen molar-refractivity contribution in [2.75, 3.05) is 30.9 Å². The molecule has 1 aromatic rings. The van der Waals surface area contributed by atoms with Crippen LogP contribution in [0.1, 0.15) is 13.8 Å². The van der Waals surface area contributed by atoms with Crippen LogP contribution in [0.2, 0.25) is 0 Å². The number of amides is 1. The summed E-state index contributed by atoms with van der Waals surface area (Å²) in [7, 11) is 3.95. The van der Waals surface area contributed by atoms with Gasteiger partial charge in [-0.25, -0.2) is 0 Å². The van der Waals surface area contributed by atoms with Crippen molar-refractivity contribution in [3.63, 3.8) is 0 Å². The van der Waals surface area contributed by atoms with Crippen LogP contribution in [0.4, 0.5) is 11.4 Å². The molecule has 0 saturated carbocycles. The Hall–Kier alpha value is -1.55. The van der Waals surface area contributed by atoms with Gasteiger partial charge in [0.15, 0.2) is 0 Å². The minimum Gasteiger partial charge on any atom is -0.378 e. The topological polar surface area (TPSA) is 41.6 Å². The molecular weight excluding hydrogens is 216 g/mol. The van der Waals surface area contributed by atoms with Gasteiger partial charge in [0.1, 0.15) is 6.61 Å². The number of anilines is 2. The van der Waals surface area contributed by atoms with Gasteiger partial charge in [0, 0.05) is 25.5 Å². The van der Waals surface area contributed by atoms with Gasteiger partial charge >= 0.3 is 0 Å². The second-order valence-electron chi connectivity index (χ2n) is 4.35. The summed E-state index contributed by atoms with van der Waals surface area (Å²) in [5, 5.41) is 2.78. The predicted octanol–water partition coefficient (Wildman–Crippen LogP) is 2.12. The van der Waals surface area contributed by atoms with E-state index < -0.39 is 0 Å². The Balaban J connectivity index is 2.48. The van der Waals surface area contributed by atoms with Crippen LogP contribution in [0.5, 0.6) is 0 Å². The highest BCUT2D eigenvalue weighted by Crippen LogP contribution is 2.15. The number of nitrogens with zero attached hydrogens (tertiary/aromatic N) is 1. The van der Waals surface area contributed by atoms with Crippen LogP contribution in [0.25, 0.3) is 0 Å². The van der Waals surface area contributed by atoms with Crippen molar-refractivity contribution in [2.24, 2.45) is 0 Å². The van der Waals surface area contributed by atoms with Crippen LogP contribution in [0, 0.1) is 0 Å². The van der Waals surface area contributed by atoms with E-state index >= 15 is 0 Å². The number of carbonyl (C=O) groups excluding carboxylic acids is 1. The first kappa shape index (κ1) is 13.5. The number of rotatable bonds is 5. The van der Waals surface area contributed by atoms with Crippen molar-refractivity contribution in [3.05, 3.63) is 24.3 Å². The fraction of sp³-hybridized carbons (Fsp3) is 0.462. The standard InChI is InChI=1S/C13H20N2O2/c1-10(2)17-9-13(16)14-11-5-7-12(8-6-11)15(3)4/h5-8,10H,9H2,1-4H3,(H,14,16). The third-order valence-corrected chi connectivity index (χ3v) is 2.22. The summed E-state index contributed by atoms with van der Waals surface area (Å²) in [4.78, 5) is 13.5. The lowest BCUT2D eigenvalue weighted by atomic mass is 10.2. The van der Waals surface area contributed by atoms with Crippen molar-refractivity contribution >= 4 is 17.3 Å². The summed E-state index contributed by atoms with van der Waals surface area (Å²) in [6.45, 7) is 3.89. The molecule has 0 aliphatic rings. The Labute approximate surface area is 103 Å². The quantitative estimate of drug-likeness (QED) is 0.851. The molecule has 17 heavy (non-hydrogen) atoms. The van der Waals surface area contributed by atoms with Gasteiger partial charge in [-0.2, -0.15) is 0 Å². The lowest BCUT2D eigenvalue weighted by molar-refractivity contribution is -0.121. The van der Waals surface area contributed by atoms with E-state index in [0.717, 1.165) is 11.4 Å². The molecule has 0 aliphatic carbocycles. The number of hydrogen-bond acceptors (Lipinski definition) is 3. The maximum Gasteiger partial charge on any atom is 0.250 e. The molecule has 0 heterocycles. The zero-order valence-corrected chi connectivity index (χ0v) is 10.9. The first-order valence-corrected chi connectivity index (χ1v) is 5.68. The molecule has 0 aromatic heterocycles. The van der Waals surface area contributed by atoms with Gasteiger partial charge in [-0.15, -0.1) is 0 Å². The van der Waals surface area contributed by atoms with E-state index in [9.17, 15) is 4.79 Å². The smallest absolute Gasteiger partial charge is 0.250 e. The third-order valence-electron chi connectivity index (χ3n) is 2.22. The van der Waals surface area contributed by atoms with Crippen LogP contribution in [0.3, 0.4) is 0 Å². The maximum absolute atomic E-state index is 11.5. The van der Waals surface area contributed by atoms with Gasteiger partial charge < -0.3 is 15.0 Å². The lowest BCUT2D eigenvalue weighted by Gasteiger charge is -2.13. The summed E-state index contributed by atoms with van der Waals surface area (Å²) in [6, 6.07) is 7.67. The van der Waals surface area contributed by atoms with Gasteiger partial charge in [0.05, 0.1) is 6.10 Å². The molecule has 0 atom stereocenters. The monoisotopic (exact) mass is 236 g/mol. The molecule has 94 valence electrons. The fourth-order valence-electron chi connectivity index (χ4n) is 1.28. The molecule has 0 fully saturated rings. The van der Waals surface area contributed by atoms with E-state index in [-0.39, 0.29) is 18.6 Å². The van der Waals surface area contributed by atoms with Crippen LogP contribution < -0.4 is 10.2 Å². The Morgan fingerprint density at radius 3 is 2.35 bits per heavy atom. The number of benzene rings is 1. The van der Waals surface area contributed by atoms with E-state index in [1.807, 2.05) is 57.1 Å². The van der Waals surface area contributed by atoms with E-state index in [0.29, 0.717) is 0 Å². The molecule has 1 aromatic carbocycles. The molecule has 0 bridgehead atoms. The average molecular weight is 236 g/mol. The van der Waals surface area contributed by atoms with Crippen molar-refractivity contribution in [3.8, 4) is 0 Å². The van der Waals surface area contributed by atoms with Gasteiger partial charge in [-0.3, -0.25) is 4.79 Å². The molecule has 4 nitrogen and oxygen atoms in total. The number of carbonyl (C=O) groups is 1. The molecule has 0 unspecified atom stereocenters. The Bertz CT molecular complexity index is 358. The molecule has 0 spiro atoms. The highest BCUT2D eigenvalue weighted by molar-refractivity contribution is 5.91. The Morgan fingerprint density at radius 2 is 1.88 bits per heavy atom. The largest absolute Gasteiger partial charge is 0.378 e. The minimum atomic E-state index is -0.128. The SMILES string of the molecule is CC(C)OCC(=O)Nc1ccc(N(C)C)cc1. The molecule has 4 heteroatoms. The van der Waals surface area contributed by atoms with Crippen molar-refractivity contribution in [1.29, 1.82) is 0 Å². The van der Waals surface area contributed by atoms with Gasteiger partial charge in [0.25, 0.3) is 0 Å². The van der Waals surface area contributed by atoms with Crippen LogP contribution in [0.15, 0.2) is 24.3 Å². The highest BCUT2D eigenvalue weighted by atomic mass is 16.5. The van der Waals surface area contributed by atoms with Crippen LogP contribution in [-0.2, 0) is 9.53 Å². The first-order chi connectivity index (χ1) is 7.99. The molecule has 1 N–H and O–H groups in total. The average Bonchev–Trinajstić information content (AvgIpc) is 2.27. The van der Waals surface area contributed by atoms with E-state index in [1.165, 1.54) is 0 Å². The zero-order chi connectivity index (χ0) is 12.8. The van der Waals surface area contributed by atoms with E-state index in [1.54, 1.807) is 0 Å². The summed E-state index contributed by atoms with van der Waals surface area (Å²) < 4.78 is 5.22. The number of hydrogen-bond donors (Lipinski definition) is 1. The predicted molar refractivity (Wildman–Crippen MR) is 70.5 cm³/mol. The summed E-state index contributed by atoms with van der Waals surface area (Å²) in [6.07, 6.45) is 0.0665. The molecule has 1 rings (SSSR count). The van der Waals surface area contributed by atoms with Crippen LogP contribution in [-0.4, -0.2) is 32.7 Å².